The molecule has 15 rings (SSSR count). The van der Waals surface area contributed by atoms with Crippen molar-refractivity contribution in [1.29, 1.82) is 0 Å². The van der Waals surface area contributed by atoms with Crippen molar-refractivity contribution in [3.05, 3.63) is 230 Å². The summed E-state index contributed by atoms with van der Waals surface area (Å²) in [6, 6.07) is 81.5. The maximum absolute atomic E-state index is 5.82. The number of nitrogens with zero attached hydrogens (tertiary/aromatic N) is 6. The molecule has 10 aromatic carbocycles. The number of hydrogen-bond acceptors (Lipinski definition) is 2. The van der Waals surface area contributed by atoms with E-state index in [1.807, 2.05) is 0 Å². The molecule has 1 aliphatic rings. The highest BCUT2D eigenvalue weighted by Gasteiger charge is 2.31. The van der Waals surface area contributed by atoms with Crippen molar-refractivity contribution in [2.75, 3.05) is 0 Å². The number of fused-ring (bicyclic) bond motifs is 15. The number of aromatic nitrogens is 4. The van der Waals surface area contributed by atoms with Crippen LogP contribution in [0, 0.1) is 0 Å². The van der Waals surface area contributed by atoms with Crippen LogP contribution >= 0.6 is 8.58 Å². The average Bonchev–Trinajstić information content (AvgIpc) is 4.14. The monoisotopic (exact) mass is 886 g/mol. The van der Waals surface area contributed by atoms with Crippen molar-refractivity contribution in [1.82, 2.24) is 18.3 Å². The lowest BCUT2D eigenvalue weighted by Gasteiger charge is -2.25. The molecular weight excluding hydrogens is 848 g/mol. The van der Waals surface area contributed by atoms with Gasteiger partial charge in [0.25, 0.3) is 0 Å². The largest absolute Gasteiger partial charge is 0.312 e. The van der Waals surface area contributed by atoms with E-state index in [1.165, 1.54) is 65.0 Å². The first-order valence-corrected chi connectivity index (χ1v) is 24.3. The molecule has 2 unspecified atom stereocenters. The van der Waals surface area contributed by atoms with Crippen LogP contribution < -0.4 is 0 Å². The van der Waals surface area contributed by atoms with Crippen LogP contribution in [0.25, 0.3) is 109 Å². The van der Waals surface area contributed by atoms with E-state index in [0.29, 0.717) is 0 Å². The van der Waals surface area contributed by atoms with E-state index >= 15 is 0 Å². The molecule has 14 aromatic rings. The number of rotatable bonds is 4. The fourth-order valence-electron chi connectivity index (χ4n) is 11.3. The van der Waals surface area contributed by atoms with Gasteiger partial charge in [0.15, 0.2) is 11.7 Å². The minimum atomic E-state index is -0.338. The summed E-state index contributed by atoms with van der Waals surface area (Å²) >= 11 is 0. The Balaban J connectivity index is 1.08. The predicted octanol–water partition coefficient (Wildman–Crippen LogP) is 15.7. The highest BCUT2D eigenvalue weighted by atomic mass is 31.1. The first-order chi connectivity index (χ1) is 33.8. The Morgan fingerprint density at radius 1 is 0.338 bits per heavy atom. The van der Waals surface area contributed by atoms with Crippen LogP contribution in [0.15, 0.2) is 234 Å². The van der Waals surface area contributed by atoms with Crippen molar-refractivity contribution in [2.45, 2.75) is 5.91 Å². The van der Waals surface area contributed by atoms with Crippen LogP contribution in [0.3, 0.4) is 0 Å². The molecule has 68 heavy (non-hydrogen) atoms. The number of benzene rings is 10. The molecule has 0 N–H and O–H groups in total. The first-order valence-electron chi connectivity index (χ1n) is 23.2. The molecule has 1 aliphatic heterocycles. The van der Waals surface area contributed by atoms with Gasteiger partial charge < -0.3 is 13.7 Å². The maximum atomic E-state index is 5.82. The highest BCUT2D eigenvalue weighted by Crippen LogP contribution is 2.49. The smallest absolute Gasteiger partial charge is 0.159 e. The standard InChI is InChI=1S/C61H39N6P/c1-3-19-41(20-4-1)64-51-27-13-9-23-43(51)47-33-35-49-45-25-11-15-29-53(45)66(57(49)55(47)64)60-62-59(40-32-31-38-17-7-8-18-39(38)37-40)63-61(68-60)67-54-30-16-12-26-46(54)50-36-34-48-44-24-10-14-28-52(44)65(56(48)58(50)67)42-21-5-2-6-22-42/h1-37,60,68H. The molecule has 7 heteroatoms. The van der Waals surface area contributed by atoms with E-state index in [-0.39, 0.29) is 14.5 Å². The molecule has 0 bridgehead atoms. The summed E-state index contributed by atoms with van der Waals surface area (Å²) < 4.78 is 9.95. The Labute approximate surface area is 391 Å². The third-order valence-corrected chi connectivity index (χ3v) is 15.4. The van der Waals surface area contributed by atoms with Gasteiger partial charge in [-0.3, -0.25) is 4.57 Å². The van der Waals surface area contributed by atoms with Gasteiger partial charge in [0.1, 0.15) is 5.58 Å². The van der Waals surface area contributed by atoms with Crippen molar-refractivity contribution in [2.24, 2.45) is 9.98 Å². The Morgan fingerprint density at radius 3 is 1.34 bits per heavy atom. The second-order valence-electron chi connectivity index (χ2n) is 17.8. The number of para-hydroxylation sites is 6. The van der Waals surface area contributed by atoms with Gasteiger partial charge in [-0.15, -0.1) is 0 Å². The molecule has 5 heterocycles. The van der Waals surface area contributed by atoms with Crippen LogP contribution in [-0.4, -0.2) is 29.7 Å². The molecule has 0 amide bonds. The molecule has 0 radical (unpaired) electrons. The van der Waals surface area contributed by atoms with Gasteiger partial charge in [-0.2, -0.15) is 0 Å². The minimum Gasteiger partial charge on any atom is -0.312 e. The third-order valence-electron chi connectivity index (χ3n) is 14.2. The normalized spacial score (nSPS) is 14.8. The molecule has 6 nitrogen and oxygen atoms in total. The summed E-state index contributed by atoms with van der Waals surface area (Å²) in [5, 5.41) is 12.0. The van der Waals surface area contributed by atoms with Crippen LogP contribution in [-0.2, 0) is 0 Å². The first kappa shape index (κ1) is 37.6. The van der Waals surface area contributed by atoms with Gasteiger partial charge in [0, 0.05) is 60.0 Å². The maximum Gasteiger partial charge on any atom is 0.159 e. The molecule has 0 saturated heterocycles. The summed E-state index contributed by atoms with van der Waals surface area (Å²) in [5.41, 5.74) is 13.5. The Bertz CT molecular complexity index is 4470. The van der Waals surface area contributed by atoms with Crippen molar-refractivity contribution >= 4 is 118 Å². The third kappa shape index (κ3) is 5.32. The molecular formula is C61H39N6P. The second-order valence-corrected chi connectivity index (χ2v) is 19.1. The van der Waals surface area contributed by atoms with E-state index in [4.69, 9.17) is 9.98 Å². The fraction of sp³-hybridized carbons (Fsp3) is 0.0164. The lowest BCUT2D eigenvalue weighted by atomic mass is 10.1. The second kappa shape index (κ2) is 14.5. The quantitative estimate of drug-likeness (QED) is 0.158. The van der Waals surface area contributed by atoms with E-state index in [2.05, 4.69) is 243 Å². The Kier molecular flexibility index (Phi) is 8.00. The summed E-state index contributed by atoms with van der Waals surface area (Å²) in [6.45, 7) is 0. The van der Waals surface area contributed by atoms with E-state index in [1.54, 1.807) is 0 Å². The Morgan fingerprint density at radius 2 is 0.765 bits per heavy atom. The Hall–Kier alpha value is -8.57. The van der Waals surface area contributed by atoms with E-state index in [0.717, 1.165) is 61.3 Å². The van der Waals surface area contributed by atoms with Crippen LogP contribution in [0.4, 0.5) is 0 Å². The van der Waals surface area contributed by atoms with Crippen LogP contribution in [0.5, 0.6) is 0 Å². The minimum absolute atomic E-state index is 0.155. The zero-order valence-electron chi connectivity index (χ0n) is 36.6. The molecule has 318 valence electrons. The predicted molar refractivity (Wildman–Crippen MR) is 288 cm³/mol. The van der Waals surface area contributed by atoms with Gasteiger partial charge in [0.2, 0.25) is 0 Å². The fourth-order valence-corrected chi connectivity index (χ4v) is 12.7. The summed E-state index contributed by atoms with van der Waals surface area (Å²) in [4.78, 5) is 11.6. The number of aliphatic imine (C=N–C) groups is 2. The van der Waals surface area contributed by atoms with Crippen molar-refractivity contribution < 1.29 is 0 Å². The average molecular weight is 887 g/mol. The lowest BCUT2D eigenvalue weighted by molar-refractivity contribution is 0.760. The molecule has 0 fully saturated rings. The van der Waals surface area contributed by atoms with Crippen LogP contribution in [0.1, 0.15) is 11.5 Å². The van der Waals surface area contributed by atoms with Crippen LogP contribution in [0.2, 0.25) is 0 Å². The van der Waals surface area contributed by atoms with Gasteiger partial charge >= 0.3 is 0 Å². The highest BCUT2D eigenvalue weighted by molar-refractivity contribution is 7.58. The van der Waals surface area contributed by atoms with Gasteiger partial charge in [0.05, 0.1) is 44.1 Å². The van der Waals surface area contributed by atoms with Gasteiger partial charge in [-0.05, 0) is 74.0 Å². The van der Waals surface area contributed by atoms with Gasteiger partial charge in [-0.1, -0.05) is 170 Å². The molecule has 4 aromatic heterocycles. The molecule has 0 spiro atoms. The summed E-state index contributed by atoms with van der Waals surface area (Å²) in [7, 11) is 0.155. The lowest BCUT2D eigenvalue weighted by Crippen LogP contribution is -2.19. The molecule has 0 saturated carbocycles. The number of hydrogen-bond donors (Lipinski definition) is 0. The number of amidine groups is 1. The summed E-state index contributed by atoms with van der Waals surface area (Å²) in [6.07, 6.45) is 0. The topological polar surface area (TPSA) is 44.4 Å². The van der Waals surface area contributed by atoms with Crippen molar-refractivity contribution in [3.63, 3.8) is 0 Å². The van der Waals surface area contributed by atoms with E-state index in [9.17, 15) is 0 Å². The zero-order chi connectivity index (χ0) is 44.5. The van der Waals surface area contributed by atoms with Crippen molar-refractivity contribution in [3.8, 4) is 11.4 Å². The summed E-state index contributed by atoms with van der Waals surface area (Å²) in [5.74, 6) is 0.382. The van der Waals surface area contributed by atoms with E-state index < -0.39 is 0 Å². The molecule has 2 atom stereocenters. The molecule has 0 aliphatic carbocycles. The SMILES string of the molecule is c1ccc(-n2c3ccccc3c3ccc4c5ccccc5n(C5=NC(c6ccc7ccccc7c6)=NC(n6c7ccccc7c7ccc8c9ccccc9n(-c9ccccc9)c8c76)P5)c4c32)cc1. The zero-order valence-corrected chi connectivity index (χ0v) is 37.6. The van der Waals surface area contributed by atoms with Gasteiger partial charge in [-0.25, -0.2) is 9.98 Å².